The number of pyridine rings is 4. The molecule has 19 nitrogen and oxygen atoms in total. The van der Waals surface area contributed by atoms with Crippen LogP contribution in [0.1, 0.15) is 99.1 Å². The van der Waals surface area contributed by atoms with Crippen molar-refractivity contribution >= 4 is 68.4 Å². The first-order valence-electron chi connectivity index (χ1n) is 44.3. The molecule has 0 bridgehead atoms. The van der Waals surface area contributed by atoms with Gasteiger partial charge >= 0.3 is 12.5 Å². The summed E-state index contributed by atoms with van der Waals surface area (Å²) in [5.74, 6) is -6.66. The van der Waals surface area contributed by atoms with Crippen molar-refractivity contribution in [2.75, 3.05) is 21.3 Å². The molecule has 1 saturated carbocycles. The number of aromatic nitrogens is 9. The maximum Gasteiger partial charge on any atom is 0.573 e. The van der Waals surface area contributed by atoms with E-state index in [0.717, 1.165) is 127 Å². The van der Waals surface area contributed by atoms with Gasteiger partial charge in [-0.3, -0.25) is 36.8 Å². The lowest BCUT2D eigenvalue weighted by Gasteiger charge is -2.15. The second-order valence-electron chi connectivity index (χ2n) is 33.6. The highest BCUT2D eigenvalue weighted by Gasteiger charge is 2.37. The number of aryl methyl sites for hydroxylation is 5. The zero-order valence-electron chi connectivity index (χ0n) is 75.8. The van der Waals surface area contributed by atoms with Gasteiger partial charge < -0.3 is 30.4 Å². The molecule has 9 aromatic heterocycles. The van der Waals surface area contributed by atoms with Crippen LogP contribution >= 0.6 is 0 Å². The Morgan fingerprint density at radius 3 is 1.04 bits per heavy atom. The highest BCUT2D eigenvalue weighted by molar-refractivity contribution is 6.10. The fourth-order valence-corrected chi connectivity index (χ4v) is 16.5. The first-order chi connectivity index (χ1) is 68.3. The largest absolute Gasteiger partial charge is 0.573 e. The normalized spacial score (nSPS) is 11.9. The van der Waals surface area contributed by atoms with Crippen molar-refractivity contribution in [3.05, 3.63) is 431 Å². The third-order valence-corrected chi connectivity index (χ3v) is 23.8. The quantitative estimate of drug-likeness (QED) is 0.0592. The predicted octanol–water partition coefficient (Wildman–Crippen LogP) is 27.8. The number of amides is 4. The van der Waals surface area contributed by atoms with Crippen LogP contribution in [0.3, 0.4) is 0 Å². The lowest BCUT2D eigenvalue weighted by atomic mass is 9.96. The van der Waals surface area contributed by atoms with E-state index in [-0.39, 0.29) is 45.7 Å². The molecule has 1 aliphatic rings. The van der Waals surface area contributed by atoms with Crippen LogP contribution in [-0.4, -0.2) is 72.5 Å². The van der Waals surface area contributed by atoms with E-state index >= 15 is 0 Å². The van der Waals surface area contributed by atoms with E-state index in [1.54, 1.807) is 114 Å². The van der Waals surface area contributed by atoms with Gasteiger partial charge in [0.2, 0.25) is 5.82 Å². The smallest absolute Gasteiger partial charge is 0.442 e. The molecule has 0 radical (unpaired) electrons. The third-order valence-electron chi connectivity index (χ3n) is 23.8. The first-order valence-corrected chi connectivity index (χ1v) is 44.3. The molecule has 0 aliphatic heterocycles. The summed E-state index contributed by atoms with van der Waals surface area (Å²) in [6.45, 7) is 9.67. The van der Waals surface area contributed by atoms with Crippen molar-refractivity contribution in [2.24, 2.45) is 0 Å². The Balaban J connectivity index is 0.000000125. The second kappa shape index (κ2) is 39.7. The Bertz CT molecular complexity index is 8220. The van der Waals surface area contributed by atoms with E-state index in [9.17, 15) is 71.9 Å². The van der Waals surface area contributed by atoms with Crippen LogP contribution in [0.2, 0.25) is 0 Å². The Hall–Kier alpha value is -17.8. The van der Waals surface area contributed by atoms with Crippen LogP contribution in [0.25, 0.3) is 112 Å². The average Bonchev–Trinajstić information content (AvgIpc) is 1.59. The van der Waals surface area contributed by atoms with Gasteiger partial charge in [-0.2, -0.15) is 13.2 Å². The second-order valence-corrected chi connectivity index (χ2v) is 33.6. The molecule has 708 valence electrons. The van der Waals surface area contributed by atoms with Crippen LogP contribution in [0.5, 0.6) is 5.75 Å². The Labute approximate surface area is 802 Å². The van der Waals surface area contributed by atoms with Gasteiger partial charge in [0.05, 0.1) is 86.4 Å². The van der Waals surface area contributed by atoms with Crippen molar-refractivity contribution in [1.29, 1.82) is 0 Å². The summed E-state index contributed by atoms with van der Waals surface area (Å²) in [6, 6.07) is 73.6. The van der Waals surface area contributed by atoms with Crippen LogP contribution in [-0.2, 0) is 6.18 Å². The molecule has 20 aromatic rings. The number of rotatable bonds is 18. The fraction of sp³-hybridized carbons (Fsp3) is 0.0901. The molecule has 1 fully saturated rings. The van der Waals surface area contributed by atoms with E-state index in [1.165, 1.54) is 82.1 Å². The molecule has 142 heavy (non-hydrogen) atoms. The minimum Gasteiger partial charge on any atom is -0.442 e. The van der Waals surface area contributed by atoms with Gasteiger partial charge in [0.25, 0.3) is 29.5 Å². The third kappa shape index (κ3) is 20.3. The number of carbonyl (C=O) groups is 4. The minimum absolute atomic E-state index is 0.0609. The molecule has 4 N–H and O–H groups in total. The first kappa shape index (κ1) is 94.6. The molecule has 4 amide bonds. The van der Waals surface area contributed by atoms with Crippen molar-refractivity contribution in [2.45, 2.75) is 65.9 Å². The lowest BCUT2D eigenvalue weighted by Crippen LogP contribution is -2.21. The summed E-state index contributed by atoms with van der Waals surface area (Å²) in [7, 11) is 0. The number of anilines is 4. The molecule has 11 aromatic carbocycles. The monoisotopic (exact) mass is 1920 g/mol. The molecule has 0 spiro atoms. The molecule has 0 atom stereocenters. The average molecular weight is 1920 g/mol. The predicted molar refractivity (Wildman–Crippen MR) is 519 cm³/mol. The Morgan fingerprint density at radius 2 is 0.669 bits per heavy atom. The number of hydrogen-bond acceptors (Lipinski definition) is 11. The number of halogens is 12. The zero-order chi connectivity index (χ0) is 99.5. The SMILES string of the molecule is Cc1ccc(NC(=O)c2cc(-c3cccn4c(-c5cccc(F)c5F)ncc34)ccc2C(F)(F)F)cc1.Cc1ccc(NC(=O)c2cc(-c3cccn4c(-c5cccc(F)c5F)ncc34)ccc2C2CC2)cc1.Cc1ccc(NC(=O)c2cc(-c3cccn4c(-c5cccc(F)c5F)ncc34)ccc2OC(F)(F)F)cc1.Cc1ccc(NC(=O)c2cc(-c3cccn4c(-c5ncco5)ncc34)ccc2C)cc1. The van der Waals surface area contributed by atoms with E-state index in [2.05, 4.69) is 50.9 Å². The number of nitrogens with one attached hydrogen (secondary N) is 4. The van der Waals surface area contributed by atoms with E-state index in [4.69, 9.17) is 4.42 Å². The summed E-state index contributed by atoms with van der Waals surface area (Å²) in [6.07, 6.45) is 8.65. The number of benzene rings is 11. The molecule has 21 rings (SSSR count). The highest BCUT2D eigenvalue weighted by Crippen LogP contribution is 2.45. The minimum atomic E-state index is -5.02. The maximum absolute atomic E-state index is 14.5. The Morgan fingerprint density at radius 1 is 0.345 bits per heavy atom. The number of oxazole rings is 1. The number of alkyl halides is 6. The topological polar surface area (TPSA) is 221 Å². The molecular weight excluding hydrogens is 1840 g/mol. The number of imidazole rings is 4. The summed E-state index contributed by atoms with van der Waals surface area (Å²) in [5, 5.41) is 11.1. The van der Waals surface area contributed by atoms with Crippen molar-refractivity contribution in [3.63, 3.8) is 0 Å². The Kier molecular flexibility index (Phi) is 26.5. The fourth-order valence-electron chi connectivity index (χ4n) is 16.5. The molecule has 9 heterocycles. The van der Waals surface area contributed by atoms with Gasteiger partial charge in [-0.05, 0) is 232 Å². The van der Waals surface area contributed by atoms with Gasteiger partial charge in [0.1, 0.15) is 29.5 Å². The number of fused-ring (bicyclic) bond motifs is 4. The highest BCUT2D eigenvalue weighted by atomic mass is 19.4. The van der Waals surface area contributed by atoms with Gasteiger partial charge in [-0.25, -0.2) is 51.3 Å². The van der Waals surface area contributed by atoms with Crippen molar-refractivity contribution < 1.29 is 81.0 Å². The molecule has 0 unspecified atom stereocenters. The summed E-state index contributed by atoms with van der Waals surface area (Å²) >= 11 is 0. The number of ether oxygens (including phenoxy) is 1. The van der Waals surface area contributed by atoms with Crippen LogP contribution in [0.4, 0.5) is 75.4 Å². The lowest BCUT2D eigenvalue weighted by molar-refractivity contribution is -0.274. The van der Waals surface area contributed by atoms with Crippen LogP contribution in [0, 0.1) is 69.5 Å². The van der Waals surface area contributed by atoms with Gasteiger partial charge in [-0.1, -0.05) is 150 Å². The van der Waals surface area contributed by atoms with Gasteiger partial charge in [0, 0.05) is 80.9 Å². The van der Waals surface area contributed by atoms with E-state index < -0.39 is 76.1 Å². The van der Waals surface area contributed by atoms with Crippen LogP contribution < -0.4 is 26.0 Å². The van der Waals surface area contributed by atoms with Gasteiger partial charge in [-0.15, -0.1) is 13.2 Å². The molecule has 1 aliphatic carbocycles. The van der Waals surface area contributed by atoms with Crippen molar-refractivity contribution in [3.8, 4) is 96.1 Å². The summed E-state index contributed by atoms with van der Waals surface area (Å²) in [4.78, 5) is 73.9. The van der Waals surface area contributed by atoms with E-state index in [1.807, 2.05) is 154 Å². The molecule has 31 heteroatoms. The molecule has 0 saturated heterocycles. The number of nitrogens with zero attached hydrogens (tertiary/aromatic N) is 9. The van der Waals surface area contributed by atoms with Crippen molar-refractivity contribution in [1.82, 2.24) is 42.5 Å². The molecular formula is C111H79F12N13O6. The zero-order valence-corrected chi connectivity index (χ0v) is 75.8. The standard InChI is InChI=1S/C30H23F2N3O.C28H18F5N3O2.C28H18F5N3O.C25H20N4O2/c1-18-7-12-21(13-8-18)34-30(36)25-16-20(11-14-22(25)19-9-10-19)23-5-3-15-35-27(23)17-33-29(35)24-4-2-6-26(31)28(24)32;1-16-7-10-18(11-8-16)35-27(37)21-14-17(9-12-24(21)38-28(31,32)33)19-5-3-13-36-23(19)15-34-26(36)20-4-2-6-22(29)25(20)30;1-16-7-10-18(11-8-16)35-27(37)21-14-17(9-12-22(21)28(31,32)33)19-5-3-13-36-24(19)15-34-26(36)20-4-2-6-23(29)25(20)30;1-16-5-9-19(10-6-16)28-24(30)21-14-18(8-7-17(21)2)20-4-3-12-29-22(20)15-27-23(29)25-26-11-13-31-25/h2-8,11-17,19H,9-10H2,1H3,(H,34,36);2-15H,1H3,(H,35,37);2-15H,1H3,(H,35,37);3-15H,1-2H3,(H,28,30). The van der Waals surface area contributed by atoms with Crippen LogP contribution in [0.15, 0.2) is 339 Å². The number of hydrogen-bond donors (Lipinski definition) is 4. The maximum atomic E-state index is 14.5. The summed E-state index contributed by atoms with van der Waals surface area (Å²) in [5.41, 5.74) is 15.4. The summed E-state index contributed by atoms with van der Waals surface area (Å²) < 4.78 is 182. The van der Waals surface area contributed by atoms with Gasteiger partial charge in [0.15, 0.2) is 34.9 Å². The number of carbonyl (C=O) groups excluding carboxylic acids is 4. The van der Waals surface area contributed by atoms with E-state index in [0.29, 0.717) is 79.2 Å².